The van der Waals surface area contributed by atoms with E-state index in [1.807, 2.05) is 18.3 Å². The molecule has 1 aromatic heterocycles. The van der Waals surface area contributed by atoms with Crippen LogP contribution in [0, 0.1) is 5.92 Å². The number of carboxylic acid groups (broad SMARTS) is 1. The number of carbonyl (C=O) groups excluding carboxylic acids is 1. The van der Waals surface area contributed by atoms with Gasteiger partial charge in [0.15, 0.2) is 0 Å². The average molecular weight is 304 g/mol. The predicted octanol–water partition coefficient (Wildman–Crippen LogP) is 2.55. The van der Waals surface area contributed by atoms with Crippen LogP contribution in [0.5, 0.6) is 0 Å². The van der Waals surface area contributed by atoms with Crippen molar-refractivity contribution in [2.75, 3.05) is 0 Å². The first-order valence-electron chi connectivity index (χ1n) is 8.06. The van der Waals surface area contributed by atoms with E-state index in [4.69, 9.17) is 5.11 Å². The molecule has 1 aliphatic rings. The molecule has 2 rings (SSSR count). The maximum absolute atomic E-state index is 11.9. The molecule has 5 heteroatoms. The fourth-order valence-corrected chi connectivity index (χ4v) is 2.95. The SMILES string of the molecule is O=C(CCCCc1cccnc1)NC1CCC(C(=O)O)CC1. The number of nitrogens with zero attached hydrogens (tertiary/aromatic N) is 1. The number of hydrogen-bond donors (Lipinski definition) is 2. The van der Waals surface area contributed by atoms with Gasteiger partial charge in [0.1, 0.15) is 0 Å². The van der Waals surface area contributed by atoms with Crippen molar-refractivity contribution in [1.82, 2.24) is 10.3 Å². The quantitative estimate of drug-likeness (QED) is 0.759. The topological polar surface area (TPSA) is 79.3 Å². The second-order valence-corrected chi connectivity index (χ2v) is 6.02. The number of aliphatic carboxylic acids is 1. The summed E-state index contributed by atoms with van der Waals surface area (Å²) in [5.74, 6) is -0.849. The number of unbranched alkanes of at least 4 members (excludes halogenated alkanes) is 1. The molecule has 0 radical (unpaired) electrons. The van der Waals surface area contributed by atoms with Crippen LogP contribution in [0.3, 0.4) is 0 Å². The first-order valence-corrected chi connectivity index (χ1v) is 8.06. The van der Waals surface area contributed by atoms with Crippen molar-refractivity contribution < 1.29 is 14.7 Å². The molecular formula is C17H24N2O3. The number of aromatic nitrogens is 1. The zero-order valence-electron chi connectivity index (χ0n) is 12.8. The summed E-state index contributed by atoms with van der Waals surface area (Å²) in [6, 6.07) is 4.13. The Morgan fingerprint density at radius 3 is 2.64 bits per heavy atom. The molecule has 22 heavy (non-hydrogen) atoms. The molecule has 1 amide bonds. The van der Waals surface area contributed by atoms with E-state index in [1.165, 1.54) is 5.56 Å². The van der Waals surface area contributed by atoms with Gasteiger partial charge in [-0.25, -0.2) is 0 Å². The highest BCUT2D eigenvalue weighted by Crippen LogP contribution is 2.24. The van der Waals surface area contributed by atoms with E-state index in [0.29, 0.717) is 19.3 Å². The first-order chi connectivity index (χ1) is 10.6. The van der Waals surface area contributed by atoms with Gasteiger partial charge in [-0.05, 0) is 56.6 Å². The van der Waals surface area contributed by atoms with Gasteiger partial charge in [0.05, 0.1) is 5.92 Å². The fraction of sp³-hybridized carbons (Fsp3) is 0.588. The Morgan fingerprint density at radius 1 is 1.23 bits per heavy atom. The molecule has 0 atom stereocenters. The van der Waals surface area contributed by atoms with Crippen molar-refractivity contribution in [2.45, 2.75) is 57.4 Å². The van der Waals surface area contributed by atoms with Crippen LogP contribution in [-0.4, -0.2) is 28.0 Å². The Kier molecular flexibility index (Phi) is 6.37. The predicted molar refractivity (Wildman–Crippen MR) is 83.3 cm³/mol. The molecule has 0 aromatic carbocycles. The van der Waals surface area contributed by atoms with E-state index in [1.54, 1.807) is 6.20 Å². The van der Waals surface area contributed by atoms with Gasteiger partial charge in [0.25, 0.3) is 0 Å². The maximum Gasteiger partial charge on any atom is 0.306 e. The van der Waals surface area contributed by atoms with Crippen LogP contribution in [0.2, 0.25) is 0 Å². The van der Waals surface area contributed by atoms with Crippen LogP contribution < -0.4 is 5.32 Å². The van der Waals surface area contributed by atoms with E-state index in [9.17, 15) is 9.59 Å². The normalized spacial score (nSPS) is 21.3. The lowest BCUT2D eigenvalue weighted by Crippen LogP contribution is -2.38. The highest BCUT2D eigenvalue weighted by molar-refractivity contribution is 5.76. The number of amides is 1. The molecule has 120 valence electrons. The third-order valence-electron chi connectivity index (χ3n) is 4.28. The molecular weight excluding hydrogens is 280 g/mol. The second-order valence-electron chi connectivity index (χ2n) is 6.02. The summed E-state index contributed by atoms with van der Waals surface area (Å²) in [5.41, 5.74) is 1.20. The standard InChI is InChI=1S/C17H24N2O3/c20-16(6-2-1-4-13-5-3-11-18-12-13)19-15-9-7-14(8-10-15)17(21)22/h3,5,11-12,14-15H,1-2,4,6-10H2,(H,19,20)(H,21,22). The minimum absolute atomic E-state index is 0.0879. The van der Waals surface area contributed by atoms with E-state index >= 15 is 0 Å². The molecule has 1 fully saturated rings. The number of carbonyl (C=O) groups is 2. The summed E-state index contributed by atoms with van der Waals surface area (Å²) in [7, 11) is 0. The lowest BCUT2D eigenvalue weighted by Gasteiger charge is -2.26. The smallest absolute Gasteiger partial charge is 0.306 e. The number of nitrogens with one attached hydrogen (secondary N) is 1. The van der Waals surface area contributed by atoms with Crippen LogP contribution in [0.4, 0.5) is 0 Å². The number of pyridine rings is 1. The molecule has 0 unspecified atom stereocenters. The van der Waals surface area contributed by atoms with Crippen molar-refractivity contribution in [3.8, 4) is 0 Å². The molecule has 0 spiro atoms. The highest BCUT2D eigenvalue weighted by Gasteiger charge is 2.26. The average Bonchev–Trinajstić information content (AvgIpc) is 2.53. The monoisotopic (exact) mass is 304 g/mol. The third-order valence-corrected chi connectivity index (χ3v) is 4.28. The summed E-state index contributed by atoms with van der Waals surface area (Å²) in [6.07, 6.45) is 9.84. The summed E-state index contributed by atoms with van der Waals surface area (Å²) in [5, 5.41) is 12.0. The zero-order chi connectivity index (χ0) is 15.8. The minimum Gasteiger partial charge on any atom is -0.481 e. The van der Waals surface area contributed by atoms with Gasteiger partial charge >= 0.3 is 5.97 Å². The highest BCUT2D eigenvalue weighted by atomic mass is 16.4. The lowest BCUT2D eigenvalue weighted by molar-refractivity contribution is -0.142. The van der Waals surface area contributed by atoms with Crippen LogP contribution in [0.25, 0.3) is 0 Å². The van der Waals surface area contributed by atoms with Crippen molar-refractivity contribution in [3.05, 3.63) is 30.1 Å². The van der Waals surface area contributed by atoms with Gasteiger partial charge in [-0.15, -0.1) is 0 Å². The number of rotatable bonds is 7. The number of aryl methyl sites for hydroxylation is 1. The van der Waals surface area contributed by atoms with Gasteiger partial charge in [0, 0.05) is 24.9 Å². The Hall–Kier alpha value is -1.91. The molecule has 1 saturated carbocycles. The minimum atomic E-state index is -0.708. The van der Waals surface area contributed by atoms with Crippen molar-refractivity contribution >= 4 is 11.9 Å². The number of hydrogen-bond acceptors (Lipinski definition) is 3. The Balaban J connectivity index is 1.57. The second kappa shape index (κ2) is 8.51. The van der Waals surface area contributed by atoms with E-state index in [-0.39, 0.29) is 17.9 Å². The molecule has 0 aliphatic heterocycles. The lowest BCUT2D eigenvalue weighted by atomic mass is 9.86. The number of carboxylic acids is 1. The summed E-state index contributed by atoms with van der Waals surface area (Å²) in [4.78, 5) is 26.9. The molecule has 5 nitrogen and oxygen atoms in total. The van der Waals surface area contributed by atoms with Gasteiger partial charge in [-0.2, -0.15) is 0 Å². The first kappa shape index (κ1) is 16.5. The van der Waals surface area contributed by atoms with Crippen molar-refractivity contribution in [2.24, 2.45) is 5.92 Å². The molecule has 1 heterocycles. The molecule has 0 bridgehead atoms. The van der Waals surface area contributed by atoms with Gasteiger partial charge in [-0.3, -0.25) is 14.6 Å². The Morgan fingerprint density at radius 2 is 2.00 bits per heavy atom. The zero-order valence-corrected chi connectivity index (χ0v) is 12.8. The molecule has 0 saturated heterocycles. The summed E-state index contributed by atoms with van der Waals surface area (Å²) < 4.78 is 0. The van der Waals surface area contributed by atoms with Gasteiger partial charge in [-0.1, -0.05) is 6.07 Å². The third kappa shape index (κ3) is 5.47. The van der Waals surface area contributed by atoms with Crippen LogP contribution in [-0.2, 0) is 16.0 Å². The maximum atomic E-state index is 11.9. The summed E-state index contributed by atoms with van der Waals surface area (Å²) in [6.45, 7) is 0. The Bertz CT molecular complexity index is 482. The molecule has 2 N–H and O–H groups in total. The van der Waals surface area contributed by atoms with E-state index in [2.05, 4.69) is 10.3 Å². The fourth-order valence-electron chi connectivity index (χ4n) is 2.95. The van der Waals surface area contributed by atoms with E-state index < -0.39 is 5.97 Å². The molecule has 1 aliphatic carbocycles. The summed E-state index contributed by atoms with van der Waals surface area (Å²) >= 11 is 0. The molecule has 1 aromatic rings. The van der Waals surface area contributed by atoms with Crippen molar-refractivity contribution in [1.29, 1.82) is 0 Å². The van der Waals surface area contributed by atoms with Gasteiger partial charge < -0.3 is 10.4 Å². The van der Waals surface area contributed by atoms with Crippen molar-refractivity contribution in [3.63, 3.8) is 0 Å². The largest absolute Gasteiger partial charge is 0.481 e. The van der Waals surface area contributed by atoms with Crippen LogP contribution in [0.15, 0.2) is 24.5 Å². The van der Waals surface area contributed by atoms with E-state index in [0.717, 1.165) is 32.1 Å². The van der Waals surface area contributed by atoms with Crippen LogP contribution in [0.1, 0.15) is 50.5 Å². The van der Waals surface area contributed by atoms with Gasteiger partial charge in [0.2, 0.25) is 5.91 Å². The van der Waals surface area contributed by atoms with Crippen LogP contribution >= 0.6 is 0 Å². The Labute approximate surface area is 131 Å².